The fourth-order valence-electron chi connectivity index (χ4n) is 2.31. The Morgan fingerprint density at radius 3 is 2.70 bits per heavy atom. The Kier molecular flexibility index (Phi) is 5.82. The van der Waals surface area contributed by atoms with E-state index >= 15 is 0 Å². The third-order valence-corrected chi connectivity index (χ3v) is 4.61. The number of benzene rings is 2. The van der Waals surface area contributed by atoms with Crippen LogP contribution in [0.2, 0.25) is 0 Å². The van der Waals surface area contributed by atoms with Gasteiger partial charge >= 0.3 is 0 Å². The van der Waals surface area contributed by atoms with E-state index in [9.17, 15) is 14.5 Å². The van der Waals surface area contributed by atoms with E-state index in [4.69, 9.17) is 4.74 Å². The molecule has 0 saturated heterocycles. The maximum Gasteiger partial charge on any atom is 0.283 e. The van der Waals surface area contributed by atoms with Crippen molar-refractivity contribution in [3.63, 3.8) is 0 Å². The van der Waals surface area contributed by atoms with E-state index in [-0.39, 0.29) is 18.0 Å². The van der Waals surface area contributed by atoms with Crippen LogP contribution in [0.4, 0.5) is 10.1 Å². The summed E-state index contributed by atoms with van der Waals surface area (Å²) in [6, 6.07) is 12.5. The molecule has 0 aliphatic carbocycles. The maximum absolute atomic E-state index is 13.7. The second-order valence-electron chi connectivity index (χ2n) is 5.34. The molecular weight excluding hydrogens is 371 g/mol. The first kappa shape index (κ1) is 18.6. The lowest BCUT2D eigenvalue weighted by atomic mass is 10.3. The number of aromatic nitrogens is 3. The minimum absolute atomic E-state index is 0.000778. The van der Waals surface area contributed by atoms with Crippen molar-refractivity contribution in [2.45, 2.75) is 23.2 Å². The van der Waals surface area contributed by atoms with Gasteiger partial charge in [0.15, 0.2) is 22.5 Å². The van der Waals surface area contributed by atoms with Gasteiger partial charge in [-0.2, -0.15) is 0 Å². The van der Waals surface area contributed by atoms with Gasteiger partial charge in [0.25, 0.3) is 5.69 Å². The number of hydrogen-bond acceptors (Lipinski definition) is 6. The largest absolute Gasteiger partial charge is 0.483 e. The molecule has 0 aliphatic heterocycles. The third-order valence-electron chi connectivity index (χ3n) is 3.56. The molecule has 0 amide bonds. The lowest BCUT2D eigenvalue weighted by Gasteiger charge is -2.09. The van der Waals surface area contributed by atoms with Gasteiger partial charge in [0.2, 0.25) is 0 Å². The molecular formula is C18H15FN4O3S. The third kappa shape index (κ3) is 4.32. The highest BCUT2D eigenvalue weighted by Crippen LogP contribution is 2.34. The Labute approximate surface area is 158 Å². The van der Waals surface area contributed by atoms with Crippen LogP contribution in [0, 0.1) is 15.9 Å². The number of nitro benzene ring substituents is 1. The summed E-state index contributed by atoms with van der Waals surface area (Å²) in [6.07, 6.45) is 1.65. The SMILES string of the molecule is C=CCn1c(COc2ccccc2F)nnc1Sc1ccccc1[N+](=O)[O-]. The van der Waals surface area contributed by atoms with Gasteiger partial charge < -0.3 is 4.74 Å². The minimum Gasteiger partial charge on any atom is -0.483 e. The second kappa shape index (κ2) is 8.45. The van der Waals surface area contributed by atoms with Gasteiger partial charge in [-0.25, -0.2) is 4.39 Å². The topological polar surface area (TPSA) is 83.1 Å². The molecule has 9 heteroatoms. The molecule has 138 valence electrons. The second-order valence-corrected chi connectivity index (χ2v) is 6.35. The highest BCUT2D eigenvalue weighted by atomic mass is 32.2. The van der Waals surface area contributed by atoms with Gasteiger partial charge in [0.1, 0.15) is 6.61 Å². The molecule has 0 unspecified atom stereocenters. The van der Waals surface area contributed by atoms with Crippen LogP contribution in [0.25, 0.3) is 0 Å². The molecule has 0 radical (unpaired) electrons. The first-order chi connectivity index (χ1) is 13.1. The van der Waals surface area contributed by atoms with Crippen LogP contribution < -0.4 is 4.74 Å². The first-order valence-corrected chi connectivity index (χ1v) is 8.73. The number of halogens is 1. The zero-order valence-corrected chi connectivity index (χ0v) is 14.9. The number of nitro groups is 1. The quantitative estimate of drug-likeness (QED) is 0.327. The van der Waals surface area contributed by atoms with Crippen LogP contribution >= 0.6 is 11.8 Å². The summed E-state index contributed by atoms with van der Waals surface area (Å²) in [6.45, 7) is 4.09. The standard InChI is InChI=1S/C18H15FN4O3S/c1-2-11-22-17(12-26-15-9-5-3-7-13(15)19)20-21-18(22)27-16-10-6-4-8-14(16)23(24)25/h2-10H,1,11-12H2. The number of nitrogens with zero attached hydrogens (tertiary/aromatic N) is 4. The summed E-state index contributed by atoms with van der Waals surface area (Å²) in [5.74, 6) is 0.0968. The lowest BCUT2D eigenvalue weighted by Crippen LogP contribution is -2.08. The van der Waals surface area contributed by atoms with E-state index in [1.807, 2.05) is 0 Å². The average Bonchev–Trinajstić information content (AvgIpc) is 3.03. The molecule has 2 aromatic carbocycles. The van der Waals surface area contributed by atoms with Gasteiger partial charge in [-0.3, -0.25) is 14.7 Å². The molecule has 0 fully saturated rings. The zero-order chi connectivity index (χ0) is 19.2. The summed E-state index contributed by atoms with van der Waals surface area (Å²) in [5, 5.41) is 19.8. The molecule has 0 N–H and O–H groups in total. The molecule has 1 heterocycles. The summed E-state index contributed by atoms with van der Waals surface area (Å²) in [4.78, 5) is 11.2. The normalized spacial score (nSPS) is 10.6. The van der Waals surface area contributed by atoms with Crippen molar-refractivity contribution in [1.29, 1.82) is 0 Å². The van der Waals surface area contributed by atoms with Crippen molar-refractivity contribution in [1.82, 2.24) is 14.8 Å². The number of rotatable bonds is 8. The van der Waals surface area contributed by atoms with Crippen LogP contribution in [0.15, 0.2) is 71.2 Å². The van der Waals surface area contributed by atoms with Gasteiger partial charge in [0, 0.05) is 12.6 Å². The highest BCUT2D eigenvalue weighted by Gasteiger charge is 2.19. The van der Waals surface area contributed by atoms with Crippen molar-refractivity contribution >= 4 is 17.4 Å². The minimum atomic E-state index is -0.471. The summed E-state index contributed by atoms with van der Waals surface area (Å²) in [5.41, 5.74) is -0.0141. The first-order valence-electron chi connectivity index (χ1n) is 7.91. The number of hydrogen-bond donors (Lipinski definition) is 0. The molecule has 0 bridgehead atoms. The van der Waals surface area contributed by atoms with Crippen molar-refractivity contribution in [2.24, 2.45) is 0 Å². The predicted octanol–water partition coefficient (Wildman–Crippen LogP) is 4.24. The Morgan fingerprint density at radius 2 is 1.96 bits per heavy atom. The van der Waals surface area contributed by atoms with Crippen molar-refractivity contribution in [2.75, 3.05) is 0 Å². The number of ether oxygens (including phenoxy) is 1. The lowest BCUT2D eigenvalue weighted by molar-refractivity contribution is -0.387. The molecule has 0 atom stereocenters. The molecule has 0 aliphatic rings. The Hall–Kier alpha value is -3.20. The molecule has 7 nitrogen and oxygen atoms in total. The van der Waals surface area contributed by atoms with Gasteiger partial charge in [0.05, 0.1) is 9.82 Å². The Bertz CT molecular complexity index is 977. The Balaban J connectivity index is 1.84. The molecule has 0 saturated carbocycles. The summed E-state index contributed by atoms with van der Waals surface area (Å²) in [7, 11) is 0. The van der Waals surface area contributed by atoms with Gasteiger partial charge in [-0.15, -0.1) is 16.8 Å². The summed E-state index contributed by atoms with van der Waals surface area (Å²) < 4.78 is 20.9. The van der Waals surface area contributed by atoms with Crippen LogP contribution in [-0.2, 0) is 13.2 Å². The van der Waals surface area contributed by atoms with E-state index in [0.717, 1.165) is 11.8 Å². The van der Waals surface area contributed by atoms with E-state index in [2.05, 4.69) is 16.8 Å². The number of allylic oxidation sites excluding steroid dienone is 1. The van der Waals surface area contributed by atoms with E-state index in [1.54, 1.807) is 41.0 Å². The van der Waals surface area contributed by atoms with Crippen LogP contribution in [0.5, 0.6) is 5.75 Å². The van der Waals surface area contributed by atoms with Crippen LogP contribution in [-0.4, -0.2) is 19.7 Å². The summed E-state index contributed by atoms with van der Waals surface area (Å²) >= 11 is 1.13. The maximum atomic E-state index is 13.7. The average molecular weight is 386 g/mol. The van der Waals surface area contributed by atoms with E-state index in [1.165, 1.54) is 18.2 Å². The predicted molar refractivity (Wildman–Crippen MR) is 98.2 cm³/mol. The van der Waals surface area contributed by atoms with Gasteiger partial charge in [-0.05, 0) is 30.0 Å². The molecule has 3 rings (SSSR count). The monoisotopic (exact) mass is 386 g/mol. The van der Waals surface area contributed by atoms with Gasteiger partial charge in [-0.1, -0.05) is 30.3 Å². The van der Waals surface area contributed by atoms with Crippen LogP contribution in [0.3, 0.4) is 0 Å². The highest BCUT2D eigenvalue weighted by molar-refractivity contribution is 7.99. The van der Waals surface area contributed by atoms with E-state index in [0.29, 0.717) is 22.4 Å². The zero-order valence-electron chi connectivity index (χ0n) is 14.1. The molecule has 3 aromatic rings. The smallest absolute Gasteiger partial charge is 0.283 e. The fourth-order valence-corrected chi connectivity index (χ4v) is 3.27. The van der Waals surface area contributed by atoms with Crippen LogP contribution in [0.1, 0.15) is 5.82 Å². The van der Waals surface area contributed by atoms with Crippen molar-refractivity contribution in [3.8, 4) is 5.75 Å². The van der Waals surface area contributed by atoms with E-state index < -0.39 is 10.7 Å². The van der Waals surface area contributed by atoms with Crippen molar-refractivity contribution in [3.05, 3.63) is 82.9 Å². The fraction of sp³-hybridized carbons (Fsp3) is 0.111. The van der Waals surface area contributed by atoms with Crippen molar-refractivity contribution < 1.29 is 14.1 Å². The number of para-hydroxylation sites is 2. The molecule has 1 aromatic heterocycles. The molecule has 0 spiro atoms. The molecule has 27 heavy (non-hydrogen) atoms. The Morgan fingerprint density at radius 1 is 1.22 bits per heavy atom.